The largest absolute Gasteiger partial charge is 0.356 e. The molecule has 1 aliphatic rings. The van der Waals surface area contributed by atoms with Crippen LogP contribution in [0, 0.1) is 0 Å². The van der Waals surface area contributed by atoms with Gasteiger partial charge in [0.15, 0.2) is 5.96 Å². The van der Waals surface area contributed by atoms with Gasteiger partial charge in [-0.25, -0.2) is 9.48 Å². The van der Waals surface area contributed by atoms with Crippen LogP contribution < -0.4 is 11.0 Å². The van der Waals surface area contributed by atoms with Crippen molar-refractivity contribution in [1.82, 2.24) is 24.6 Å². The number of hydrogen-bond donors (Lipinski definition) is 1. The Morgan fingerprint density at radius 3 is 3.00 bits per heavy atom. The van der Waals surface area contributed by atoms with E-state index in [1.165, 1.54) is 0 Å². The molecule has 0 amide bonds. The van der Waals surface area contributed by atoms with Gasteiger partial charge >= 0.3 is 5.69 Å². The van der Waals surface area contributed by atoms with E-state index in [2.05, 4.69) is 26.9 Å². The second kappa shape index (κ2) is 9.30. The first-order valence-corrected chi connectivity index (χ1v) is 8.86. The van der Waals surface area contributed by atoms with Crippen LogP contribution in [0.2, 0.25) is 0 Å². The molecule has 0 spiro atoms. The van der Waals surface area contributed by atoms with Crippen LogP contribution in [0.25, 0.3) is 0 Å². The van der Waals surface area contributed by atoms with Gasteiger partial charge in [0.25, 0.3) is 0 Å². The SMILES string of the molecule is C=CCCCN(C)C(=NC)NCCCn1nc2n(c1=O)CCCC2. The molecule has 0 unspecified atom stereocenters. The Labute approximate surface area is 144 Å². The highest BCUT2D eigenvalue weighted by atomic mass is 16.2. The van der Waals surface area contributed by atoms with Crippen LogP contribution in [0.3, 0.4) is 0 Å². The van der Waals surface area contributed by atoms with Crippen LogP contribution in [0.4, 0.5) is 0 Å². The van der Waals surface area contributed by atoms with E-state index in [0.29, 0.717) is 6.54 Å². The fourth-order valence-corrected chi connectivity index (χ4v) is 2.99. The smallest absolute Gasteiger partial charge is 0.345 e. The van der Waals surface area contributed by atoms with Crippen molar-refractivity contribution in [3.8, 4) is 0 Å². The van der Waals surface area contributed by atoms with Gasteiger partial charge in [-0.3, -0.25) is 9.56 Å². The van der Waals surface area contributed by atoms with Gasteiger partial charge in [-0.1, -0.05) is 6.08 Å². The molecule has 0 saturated heterocycles. The second-order valence-corrected chi connectivity index (χ2v) is 6.21. The second-order valence-electron chi connectivity index (χ2n) is 6.21. The Hall–Kier alpha value is -2.05. The highest BCUT2D eigenvalue weighted by Gasteiger charge is 2.16. The van der Waals surface area contributed by atoms with Crippen LogP contribution in [-0.4, -0.2) is 52.4 Å². The van der Waals surface area contributed by atoms with E-state index >= 15 is 0 Å². The van der Waals surface area contributed by atoms with Crippen molar-refractivity contribution in [3.05, 3.63) is 29.0 Å². The molecule has 0 aromatic carbocycles. The zero-order chi connectivity index (χ0) is 17.4. The number of hydrogen-bond acceptors (Lipinski definition) is 3. The number of nitrogens with one attached hydrogen (secondary N) is 1. The van der Waals surface area contributed by atoms with E-state index in [9.17, 15) is 4.79 Å². The van der Waals surface area contributed by atoms with Gasteiger partial charge in [0.1, 0.15) is 5.82 Å². The number of aromatic nitrogens is 3. The predicted octanol–water partition coefficient (Wildman–Crippen LogP) is 1.24. The monoisotopic (exact) mass is 334 g/mol. The van der Waals surface area contributed by atoms with Crippen molar-refractivity contribution in [2.24, 2.45) is 4.99 Å². The van der Waals surface area contributed by atoms with Gasteiger partial charge < -0.3 is 10.2 Å². The van der Waals surface area contributed by atoms with E-state index in [-0.39, 0.29) is 5.69 Å². The van der Waals surface area contributed by atoms with Crippen molar-refractivity contribution in [1.29, 1.82) is 0 Å². The normalized spacial score (nSPS) is 14.3. The molecule has 1 aromatic rings. The lowest BCUT2D eigenvalue weighted by atomic mass is 10.2. The molecule has 0 fully saturated rings. The number of allylic oxidation sites excluding steroid dienone is 1. The Balaban J connectivity index is 1.76. The summed E-state index contributed by atoms with van der Waals surface area (Å²) in [6, 6.07) is 0. The Morgan fingerprint density at radius 1 is 1.46 bits per heavy atom. The summed E-state index contributed by atoms with van der Waals surface area (Å²) in [7, 11) is 3.83. The predicted molar refractivity (Wildman–Crippen MR) is 97.5 cm³/mol. The average molecular weight is 334 g/mol. The van der Waals surface area contributed by atoms with Crippen molar-refractivity contribution < 1.29 is 0 Å². The third kappa shape index (κ3) is 4.72. The minimum atomic E-state index is 0.0376. The number of aryl methyl sites for hydroxylation is 2. The highest BCUT2D eigenvalue weighted by molar-refractivity contribution is 5.79. The molecule has 1 N–H and O–H groups in total. The minimum Gasteiger partial charge on any atom is -0.356 e. The molecule has 1 aliphatic heterocycles. The van der Waals surface area contributed by atoms with Crippen molar-refractivity contribution >= 4 is 5.96 Å². The summed E-state index contributed by atoms with van der Waals surface area (Å²) < 4.78 is 3.43. The number of guanidine groups is 1. The number of nitrogens with zero attached hydrogens (tertiary/aromatic N) is 5. The van der Waals surface area contributed by atoms with Crippen LogP contribution in [0.15, 0.2) is 22.4 Å². The van der Waals surface area contributed by atoms with Crippen molar-refractivity contribution in [3.63, 3.8) is 0 Å². The summed E-state index contributed by atoms with van der Waals surface area (Å²) in [5.41, 5.74) is 0.0376. The zero-order valence-electron chi connectivity index (χ0n) is 15.0. The summed E-state index contributed by atoms with van der Waals surface area (Å²) in [6.07, 6.45) is 7.98. The summed E-state index contributed by atoms with van der Waals surface area (Å²) in [6.45, 7) is 6.91. The number of aliphatic imine (C=N–C) groups is 1. The third-order valence-electron chi connectivity index (χ3n) is 4.34. The van der Waals surface area contributed by atoms with Gasteiger partial charge in [-0.05, 0) is 32.1 Å². The fourth-order valence-electron chi connectivity index (χ4n) is 2.99. The third-order valence-corrected chi connectivity index (χ3v) is 4.34. The fraction of sp³-hybridized carbons (Fsp3) is 0.706. The highest BCUT2D eigenvalue weighted by Crippen LogP contribution is 2.09. The topological polar surface area (TPSA) is 67.5 Å². The lowest BCUT2D eigenvalue weighted by Gasteiger charge is -2.21. The first-order chi connectivity index (χ1) is 11.7. The minimum absolute atomic E-state index is 0.0376. The molecule has 0 bridgehead atoms. The molecule has 0 aliphatic carbocycles. The molecule has 7 heteroatoms. The summed E-state index contributed by atoms with van der Waals surface area (Å²) in [5.74, 6) is 1.83. The summed E-state index contributed by atoms with van der Waals surface area (Å²) in [5, 5.41) is 7.81. The van der Waals surface area contributed by atoms with E-state index in [0.717, 1.165) is 69.9 Å². The summed E-state index contributed by atoms with van der Waals surface area (Å²) in [4.78, 5) is 18.7. The first-order valence-electron chi connectivity index (χ1n) is 8.86. The molecule has 2 rings (SSSR count). The van der Waals surface area contributed by atoms with Crippen LogP contribution in [0.1, 0.15) is 37.9 Å². The van der Waals surface area contributed by atoms with E-state index in [1.807, 2.05) is 17.7 Å². The standard InChI is InChI=1S/C17H30N6O/c1-4-5-7-12-21(3)16(18-2)19-11-9-14-23-17(24)22-13-8-6-10-15(22)20-23/h4H,1,5-14H2,2-3H3,(H,18,19). The first kappa shape index (κ1) is 18.3. The number of rotatable bonds is 8. The van der Waals surface area contributed by atoms with E-state index in [1.54, 1.807) is 11.7 Å². The molecule has 0 radical (unpaired) electrons. The van der Waals surface area contributed by atoms with Gasteiger partial charge in [0, 0.05) is 46.7 Å². The molecular weight excluding hydrogens is 304 g/mol. The Morgan fingerprint density at radius 2 is 2.29 bits per heavy atom. The number of fused-ring (bicyclic) bond motifs is 1. The van der Waals surface area contributed by atoms with Crippen LogP contribution >= 0.6 is 0 Å². The Bertz CT molecular complexity index is 615. The molecule has 0 atom stereocenters. The molecular formula is C17H30N6O. The molecule has 7 nitrogen and oxygen atoms in total. The maximum Gasteiger partial charge on any atom is 0.345 e. The molecule has 2 heterocycles. The van der Waals surface area contributed by atoms with Gasteiger partial charge in [0.05, 0.1) is 0 Å². The lowest BCUT2D eigenvalue weighted by Crippen LogP contribution is -2.40. The van der Waals surface area contributed by atoms with Crippen LogP contribution in [0.5, 0.6) is 0 Å². The van der Waals surface area contributed by atoms with E-state index < -0.39 is 0 Å². The van der Waals surface area contributed by atoms with E-state index in [4.69, 9.17) is 0 Å². The van der Waals surface area contributed by atoms with Gasteiger partial charge in [-0.2, -0.15) is 5.10 Å². The average Bonchev–Trinajstić information content (AvgIpc) is 2.91. The maximum atomic E-state index is 12.3. The molecule has 134 valence electrons. The zero-order valence-corrected chi connectivity index (χ0v) is 15.0. The Kier molecular flexibility index (Phi) is 7.08. The number of unbranched alkanes of at least 4 members (excludes halogenated alkanes) is 1. The lowest BCUT2D eigenvalue weighted by molar-refractivity contribution is 0.464. The quantitative estimate of drug-likeness (QED) is 0.336. The maximum absolute atomic E-state index is 12.3. The van der Waals surface area contributed by atoms with Gasteiger partial charge in [-0.15, -0.1) is 6.58 Å². The molecule has 1 aromatic heterocycles. The molecule has 0 saturated carbocycles. The van der Waals surface area contributed by atoms with Gasteiger partial charge in [0.2, 0.25) is 0 Å². The van der Waals surface area contributed by atoms with Crippen molar-refractivity contribution in [2.45, 2.75) is 51.6 Å². The van der Waals surface area contributed by atoms with Crippen LogP contribution in [-0.2, 0) is 19.5 Å². The van der Waals surface area contributed by atoms with Crippen molar-refractivity contribution in [2.75, 3.05) is 27.2 Å². The summed E-state index contributed by atoms with van der Waals surface area (Å²) >= 11 is 0. The molecule has 24 heavy (non-hydrogen) atoms.